The first kappa shape index (κ1) is 16.3. The van der Waals surface area contributed by atoms with Gasteiger partial charge >= 0.3 is 5.97 Å². The van der Waals surface area contributed by atoms with E-state index in [-0.39, 0.29) is 12.3 Å². The van der Waals surface area contributed by atoms with E-state index in [0.717, 1.165) is 22.5 Å². The summed E-state index contributed by atoms with van der Waals surface area (Å²) in [7, 11) is 1.35. The molecule has 0 unspecified atom stereocenters. The van der Waals surface area contributed by atoms with Crippen LogP contribution in [0.25, 0.3) is 5.65 Å². The van der Waals surface area contributed by atoms with Gasteiger partial charge in [-0.2, -0.15) is 0 Å². The minimum absolute atomic E-state index is 0.128. The Morgan fingerprint density at radius 2 is 2.04 bits per heavy atom. The Labute approximate surface area is 151 Å². The van der Waals surface area contributed by atoms with Crippen molar-refractivity contribution < 1.29 is 14.3 Å². The lowest BCUT2D eigenvalue weighted by Crippen LogP contribution is -2.44. The number of carbonyl (C=O) groups excluding carboxylic acids is 2. The number of hydrogen-bond acceptors (Lipinski definition) is 4. The molecule has 1 amide bonds. The number of aromatic nitrogens is 2. The van der Waals surface area contributed by atoms with Gasteiger partial charge in [0, 0.05) is 24.5 Å². The predicted molar refractivity (Wildman–Crippen MR) is 97.1 cm³/mol. The van der Waals surface area contributed by atoms with Crippen molar-refractivity contribution in [1.82, 2.24) is 9.38 Å². The summed E-state index contributed by atoms with van der Waals surface area (Å²) >= 11 is 0. The van der Waals surface area contributed by atoms with Crippen LogP contribution in [0.2, 0.25) is 0 Å². The highest BCUT2D eigenvalue weighted by Gasteiger charge is 2.38. The van der Waals surface area contributed by atoms with Crippen LogP contribution in [0.3, 0.4) is 0 Å². The van der Waals surface area contributed by atoms with E-state index in [1.807, 2.05) is 60.1 Å². The van der Waals surface area contributed by atoms with Crippen LogP contribution in [0, 0.1) is 6.92 Å². The highest BCUT2D eigenvalue weighted by atomic mass is 16.5. The molecule has 4 rings (SSSR count). The number of ether oxygens (including phenoxy) is 1. The summed E-state index contributed by atoms with van der Waals surface area (Å²) in [5, 5.41) is 0. The van der Waals surface area contributed by atoms with E-state index in [9.17, 15) is 9.59 Å². The standard InChI is InChI=1S/C20H19N3O3/c1-13-6-5-9-22-12-15(21-19(13)22)11-18(24)23-16-8-4-3-7-14(16)10-17(23)20(25)26-2/h3-9,12,17H,10-11H2,1-2H3/t17-/m1/s1. The van der Waals surface area contributed by atoms with Crippen LogP contribution in [-0.4, -0.2) is 34.4 Å². The molecule has 0 fully saturated rings. The second kappa shape index (κ2) is 6.29. The van der Waals surface area contributed by atoms with E-state index in [1.165, 1.54) is 7.11 Å². The quantitative estimate of drug-likeness (QED) is 0.681. The summed E-state index contributed by atoms with van der Waals surface area (Å²) in [6, 6.07) is 10.9. The molecule has 0 radical (unpaired) electrons. The number of imidazole rings is 1. The Morgan fingerprint density at radius 1 is 1.23 bits per heavy atom. The number of benzene rings is 1. The number of anilines is 1. The molecule has 0 N–H and O–H groups in total. The predicted octanol–water partition coefficient (Wildman–Crippen LogP) is 2.32. The number of esters is 1. The number of rotatable bonds is 3. The Hall–Kier alpha value is -3.15. The molecule has 0 saturated carbocycles. The number of hydrogen-bond donors (Lipinski definition) is 0. The van der Waals surface area contributed by atoms with Crippen molar-refractivity contribution >= 4 is 23.2 Å². The minimum Gasteiger partial charge on any atom is -0.467 e. The van der Waals surface area contributed by atoms with Crippen LogP contribution in [-0.2, 0) is 27.2 Å². The number of fused-ring (bicyclic) bond motifs is 2. The van der Waals surface area contributed by atoms with Gasteiger partial charge in [-0.05, 0) is 30.2 Å². The van der Waals surface area contributed by atoms with Gasteiger partial charge in [0.25, 0.3) is 0 Å². The molecule has 0 aliphatic carbocycles. The van der Waals surface area contributed by atoms with Gasteiger partial charge < -0.3 is 9.14 Å². The Morgan fingerprint density at radius 3 is 2.81 bits per heavy atom. The van der Waals surface area contributed by atoms with Crippen molar-refractivity contribution in [3.8, 4) is 0 Å². The number of carbonyl (C=O) groups is 2. The van der Waals surface area contributed by atoms with Crippen molar-refractivity contribution in [3.63, 3.8) is 0 Å². The fourth-order valence-electron chi connectivity index (χ4n) is 3.55. The number of methoxy groups -OCH3 is 1. The SMILES string of the molecule is COC(=O)[C@H]1Cc2ccccc2N1C(=O)Cc1cn2cccc(C)c2n1. The third-order valence-electron chi connectivity index (χ3n) is 4.78. The molecule has 2 aromatic heterocycles. The lowest BCUT2D eigenvalue weighted by Gasteiger charge is -2.23. The van der Waals surface area contributed by atoms with Gasteiger partial charge in [-0.25, -0.2) is 9.78 Å². The molecule has 26 heavy (non-hydrogen) atoms. The van der Waals surface area contributed by atoms with Crippen molar-refractivity contribution in [2.75, 3.05) is 12.0 Å². The van der Waals surface area contributed by atoms with Crippen LogP contribution < -0.4 is 4.90 Å². The Balaban J connectivity index is 1.66. The highest BCUT2D eigenvalue weighted by Crippen LogP contribution is 2.33. The highest BCUT2D eigenvalue weighted by molar-refractivity contribution is 6.03. The normalized spacial score (nSPS) is 15.9. The number of aryl methyl sites for hydroxylation is 1. The van der Waals surface area contributed by atoms with Gasteiger partial charge in [0.1, 0.15) is 11.7 Å². The van der Waals surface area contributed by atoms with E-state index < -0.39 is 12.0 Å². The molecule has 6 heteroatoms. The van der Waals surface area contributed by atoms with E-state index in [4.69, 9.17) is 4.74 Å². The summed E-state index contributed by atoms with van der Waals surface area (Å²) < 4.78 is 6.82. The van der Waals surface area contributed by atoms with Gasteiger partial charge in [0.15, 0.2) is 0 Å². The molecule has 1 aliphatic heterocycles. The zero-order chi connectivity index (χ0) is 18.3. The zero-order valence-corrected chi connectivity index (χ0v) is 14.7. The average molecular weight is 349 g/mol. The lowest BCUT2D eigenvalue weighted by atomic mass is 10.1. The van der Waals surface area contributed by atoms with Crippen LogP contribution in [0.5, 0.6) is 0 Å². The topological polar surface area (TPSA) is 63.9 Å². The van der Waals surface area contributed by atoms with Crippen molar-refractivity contribution in [1.29, 1.82) is 0 Å². The van der Waals surface area contributed by atoms with Crippen LogP contribution in [0.1, 0.15) is 16.8 Å². The van der Waals surface area contributed by atoms with Gasteiger partial charge in [0.05, 0.1) is 19.2 Å². The summed E-state index contributed by atoms with van der Waals surface area (Å²) in [6.45, 7) is 1.98. The van der Waals surface area contributed by atoms with Crippen LogP contribution >= 0.6 is 0 Å². The van der Waals surface area contributed by atoms with E-state index in [2.05, 4.69) is 4.98 Å². The minimum atomic E-state index is -0.622. The first-order valence-corrected chi connectivity index (χ1v) is 8.49. The number of para-hydroxylation sites is 1. The average Bonchev–Trinajstić information content (AvgIpc) is 3.22. The molecular weight excluding hydrogens is 330 g/mol. The molecule has 132 valence electrons. The van der Waals surface area contributed by atoms with Crippen molar-refractivity contribution in [2.24, 2.45) is 0 Å². The first-order chi connectivity index (χ1) is 12.6. The largest absolute Gasteiger partial charge is 0.467 e. The molecule has 6 nitrogen and oxygen atoms in total. The second-order valence-corrected chi connectivity index (χ2v) is 6.47. The summed E-state index contributed by atoms with van der Waals surface area (Å²) in [5.74, 6) is -0.563. The fourth-order valence-corrected chi connectivity index (χ4v) is 3.55. The molecule has 1 atom stereocenters. The smallest absolute Gasteiger partial charge is 0.329 e. The Bertz CT molecular complexity index is 1010. The maximum Gasteiger partial charge on any atom is 0.329 e. The van der Waals surface area contributed by atoms with E-state index >= 15 is 0 Å². The van der Waals surface area contributed by atoms with Gasteiger partial charge in [-0.1, -0.05) is 24.3 Å². The molecule has 1 aromatic carbocycles. The van der Waals surface area contributed by atoms with Gasteiger partial charge in [-0.3, -0.25) is 9.69 Å². The zero-order valence-electron chi connectivity index (χ0n) is 14.7. The molecule has 0 saturated heterocycles. The van der Waals surface area contributed by atoms with Crippen molar-refractivity contribution in [3.05, 3.63) is 65.6 Å². The fraction of sp³-hybridized carbons (Fsp3) is 0.250. The molecular formula is C20H19N3O3. The Kier molecular flexibility index (Phi) is 3.95. The van der Waals surface area contributed by atoms with Crippen LogP contribution in [0.15, 0.2) is 48.8 Å². The maximum absolute atomic E-state index is 13.0. The number of pyridine rings is 1. The molecule has 3 aromatic rings. The number of nitrogens with zero attached hydrogens (tertiary/aromatic N) is 3. The lowest BCUT2D eigenvalue weighted by molar-refractivity contribution is -0.143. The third kappa shape index (κ3) is 2.63. The monoisotopic (exact) mass is 349 g/mol. The number of amides is 1. The molecule has 3 heterocycles. The van der Waals surface area contributed by atoms with Gasteiger partial charge in [0.2, 0.25) is 5.91 Å². The van der Waals surface area contributed by atoms with E-state index in [1.54, 1.807) is 4.90 Å². The maximum atomic E-state index is 13.0. The second-order valence-electron chi connectivity index (χ2n) is 6.47. The summed E-state index contributed by atoms with van der Waals surface area (Å²) in [6.07, 6.45) is 4.36. The van der Waals surface area contributed by atoms with E-state index in [0.29, 0.717) is 12.1 Å². The van der Waals surface area contributed by atoms with Crippen LogP contribution in [0.4, 0.5) is 5.69 Å². The molecule has 0 spiro atoms. The first-order valence-electron chi connectivity index (χ1n) is 8.49. The summed E-state index contributed by atoms with van der Waals surface area (Å²) in [5.41, 5.74) is 4.30. The van der Waals surface area contributed by atoms with Crippen molar-refractivity contribution in [2.45, 2.75) is 25.8 Å². The summed E-state index contributed by atoms with van der Waals surface area (Å²) in [4.78, 5) is 31.4. The van der Waals surface area contributed by atoms with Gasteiger partial charge in [-0.15, -0.1) is 0 Å². The molecule has 0 bridgehead atoms. The third-order valence-corrected chi connectivity index (χ3v) is 4.78. The molecule has 1 aliphatic rings.